The van der Waals surface area contributed by atoms with Crippen molar-refractivity contribution in [2.45, 2.75) is 26.8 Å². The van der Waals surface area contributed by atoms with E-state index in [0.29, 0.717) is 30.5 Å². The van der Waals surface area contributed by atoms with E-state index < -0.39 is 0 Å². The van der Waals surface area contributed by atoms with Crippen molar-refractivity contribution in [2.24, 2.45) is 5.92 Å². The fourth-order valence-electron chi connectivity index (χ4n) is 1.39. The molecule has 2 heterocycles. The molecule has 0 aliphatic heterocycles. The number of aromatic nitrogens is 5. The van der Waals surface area contributed by atoms with Gasteiger partial charge in [0.15, 0.2) is 12.1 Å². The zero-order valence-corrected chi connectivity index (χ0v) is 9.70. The van der Waals surface area contributed by atoms with E-state index >= 15 is 0 Å². The molecular weight excluding hydrogens is 222 g/mol. The van der Waals surface area contributed by atoms with Crippen molar-refractivity contribution in [3.63, 3.8) is 0 Å². The topological polar surface area (TPSA) is 86.7 Å². The van der Waals surface area contributed by atoms with Gasteiger partial charge in [0.2, 0.25) is 5.89 Å². The Balaban J connectivity index is 2.03. The number of aldehydes is 1. The van der Waals surface area contributed by atoms with E-state index in [0.717, 1.165) is 6.42 Å². The third-order valence-electron chi connectivity index (χ3n) is 2.08. The zero-order valence-electron chi connectivity index (χ0n) is 9.70. The zero-order chi connectivity index (χ0) is 12.3. The van der Waals surface area contributed by atoms with Crippen LogP contribution in [-0.2, 0) is 13.0 Å². The van der Waals surface area contributed by atoms with Crippen molar-refractivity contribution in [2.75, 3.05) is 0 Å². The third kappa shape index (κ3) is 2.96. The molecular formula is C10H13N5O2. The monoisotopic (exact) mass is 235 g/mol. The van der Waals surface area contributed by atoms with Gasteiger partial charge in [0.1, 0.15) is 12.2 Å². The van der Waals surface area contributed by atoms with Crippen molar-refractivity contribution in [3.05, 3.63) is 23.6 Å². The molecule has 2 aromatic heterocycles. The van der Waals surface area contributed by atoms with E-state index in [9.17, 15) is 4.79 Å². The van der Waals surface area contributed by atoms with Gasteiger partial charge in [-0.15, -0.1) is 5.10 Å². The maximum Gasteiger partial charge on any atom is 0.248 e. The number of carbonyl (C=O) groups is 1. The van der Waals surface area contributed by atoms with Gasteiger partial charge < -0.3 is 4.52 Å². The lowest BCUT2D eigenvalue weighted by atomic mass is 10.1. The minimum absolute atomic E-state index is 0.284. The quantitative estimate of drug-likeness (QED) is 0.710. The number of rotatable bonds is 5. The molecule has 7 nitrogen and oxygen atoms in total. The highest BCUT2D eigenvalue weighted by Gasteiger charge is 2.09. The van der Waals surface area contributed by atoms with Crippen molar-refractivity contribution >= 4 is 6.29 Å². The van der Waals surface area contributed by atoms with Crippen LogP contribution in [-0.4, -0.2) is 31.4 Å². The first-order chi connectivity index (χ1) is 8.17. The van der Waals surface area contributed by atoms with Crippen LogP contribution < -0.4 is 0 Å². The fourth-order valence-corrected chi connectivity index (χ4v) is 1.39. The second-order valence-electron chi connectivity index (χ2n) is 4.16. The molecule has 0 aromatic carbocycles. The molecule has 0 unspecified atom stereocenters. The second kappa shape index (κ2) is 4.86. The maximum absolute atomic E-state index is 10.4. The summed E-state index contributed by atoms with van der Waals surface area (Å²) in [6.07, 6.45) is 2.95. The van der Waals surface area contributed by atoms with Crippen molar-refractivity contribution in [3.8, 4) is 0 Å². The van der Waals surface area contributed by atoms with Crippen LogP contribution in [0.5, 0.6) is 0 Å². The normalized spacial score (nSPS) is 11.0. The second-order valence-corrected chi connectivity index (χ2v) is 4.16. The summed E-state index contributed by atoms with van der Waals surface area (Å²) in [5.41, 5.74) is 0.284. The Bertz CT molecular complexity index is 502. The van der Waals surface area contributed by atoms with Crippen LogP contribution in [0.25, 0.3) is 0 Å². The molecule has 2 aromatic rings. The van der Waals surface area contributed by atoms with Crippen LogP contribution in [0.4, 0.5) is 0 Å². The molecule has 0 saturated heterocycles. The summed E-state index contributed by atoms with van der Waals surface area (Å²) in [4.78, 5) is 14.7. The lowest BCUT2D eigenvalue weighted by molar-refractivity contribution is 0.111. The van der Waals surface area contributed by atoms with Crippen molar-refractivity contribution in [1.29, 1.82) is 0 Å². The molecule has 0 atom stereocenters. The highest BCUT2D eigenvalue weighted by Crippen LogP contribution is 2.05. The first-order valence-electron chi connectivity index (χ1n) is 5.34. The van der Waals surface area contributed by atoms with E-state index in [1.807, 2.05) is 0 Å². The molecule has 0 saturated carbocycles. The highest BCUT2D eigenvalue weighted by atomic mass is 16.5. The molecule has 90 valence electrons. The number of carbonyl (C=O) groups excluding carboxylic acids is 1. The van der Waals surface area contributed by atoms with Crippen LogP contribution in [0.15, 0.2) is 10.7 Å². The molecule has 0 fully saturated rings. The summed E-state index contributed by atoms with van der Waals surface area (Å²) in [7, 11) is 0. The van der Waals surface area contributed by atoms with Gasteiger partial charge in [-0.2, -0.15) is 4.98 Å². The Morgan fingerprint density at radius 1 is 1.53 bits per heavy atom. The Morgan fingerprint density at radius 2 is 2.35 bits per heavy atom. The van der Waals surface area contributed by atoms with E-state index in [1.54, 1.807) is 0 Å². The average Bonchev–Trinajstić information content (AvgIpc) is 2.88. The van der Waals surface area contributed by atoms with Crippen LogP contribution in [0.1, 0.15) is 36.1 Å². The molecule has 0 amide bonds. The number of hydrogen-bond donors (Lipinski definition) is 0. The molecule has 17 heavy (non-hydrogen) atoms. The summed E-state index contributed by atoms with van der Waals surface area (Å²) in [6.45, 7) is 4.50. The smallest absolute Gasteiger partial charge is 0.248 e. The SMILES string of the molecule is CC(C)Cc1noc(Cn2cc(C=O)nn2)n1. The highest BCUT2D eigenvalue weighted by molar-refractivity contribution is 5.70. The first-order valence-corrected chi connectivity index (χ1v) is 5.34. The lowest BCUT2D eigenvalue weighted by Gasteiger charge is -1.96. The molecule has 0 aliphatic carbocycles. The molecule has 7 heteroatoms. The maximum atomic E-state index is 10.4. The van der Waals surface area contributed by atoms with Gasteiger partial charge in [-0.25, -0.2) is 4.68 Å². The van der Waals surface area contributed by atoms with E-state index in [2.05, 4.69) is 34.3 Å². The molecule has 0 aliphatic rings. The summed E-state index contributed by atoms with van der Waals surface area (Å²) in [5, 5.41) is 11.3. The summed E-state index contributed by atoms with van der Waals surface area (Å²) in [6, 6.07) is 0. The Labute approximate surface area is 97.8 Å². The van der Waals surface area contributed by atoms with Gasteiger partial charge in [0, 0.05) is 6.42 Å². The minimum atomic E-state index is 0.284. The lowest BCUT2D eigenvalue weighted by Crippen LogP contribution is -2.01. The van der Waals surface area contributed by atoms with Gasteiger partial charge in [0.25, 0.3) is 0 Å². The summed E-state index contributed by atoms with van der Waals surface area (Å²) >= 11 is 0. The largest absolute Gasteiger partial charge is 0.337 e. The molecule has 0 bridgehead atoms. The van der Waals surface area contributed by atoms with Gasteiger partial charge >= 0.3 is 0 Å². The van der Waals surface area contributed by atoms with Gasteiger partial charge in [-0.3, -0.25) is 4.79 Å². The van der Waals surface area contributed by atoms with Crippen LogP contribution in [0, 0.1) is 5.92 Å². The minimum Gasteiger partial charge on any atom is -0.337 e. The summed E-state index contributed by atoms with van der Waals surface area (Å²) < 4.78 is 6.56. The van der Waals surface area contributed by atoms with Gasteiger partial charge in [-0.05, 0) is 5.92 Å². The summed E-state index contributed by atoms with van der Waals surface area (Å²) in [5.74, 6) is 1.63. The Morgan fingerprint density at radius 3 is 3.00 bits per heavy atom. The van der Waals surface area contributed by atoms with E-state index in [1.165, 1.54) is 10.9 Å². The molecule has 0 radical (unpaired) electrons. The fraction of sp³-hybridized carbons (Fsp3) is 0.500. The van der Waals surface area contributed by atoms with E-state index in [-0.39, 0.29) is 5.69 Å². The number of nitrogens with zero attached hydrogens (tertiary/aromatic N) is 5. The van der Waals surface area contributed by atoms with Crippen LogP contribution >= 0.6 is 0 Å². The number of hydrogen-bond acceptors (Lipinski definition) is 6. The molecule has 2 rings (SSSR count). The standard InChI is InChI=1S/C10H13N5O2/c1-7(2)3-9-11-10(17-13-9)5-15-4-8(6-16)12-14-15/h4,6-7H,3,5H2,1-2H3. The third-order valence-corrected chi connectivity index (χ3v) is 2.08. The average molecular weight is 235 g/mol. The Hall–Kier alpha value is -2.05. The first kappa shape index (κ1) is 11.4. The molecule has 0 spiro atoms. The Kier molecular flexibility index (Phi) is 3.27. The van der Waals surface area contributed by atoms with Gasteiger partial charge in [0.05, 0.1) is 6.20 Å². The van der Waals surface area contributed by atoms with Crippen LogP contribution in [0.2, 0.25) is 0 Å². The van der Waals surface area contributed by atoms with Gasteiger partial charge in [-0.1, -0.05) is 24.2 Å². The van der Waals surface area contributed by atoms with Crippen molar-refractivity contribution < 1.29 is 9.32 Å². The predicted octanol–water partition coefficient (Wildman–Crippen LogP) is 0.720. The van der Waals surface area contributed by atoms with Crippen LogP contribution in [0.3, 0.4) is 0 Å². The molecule has 0 N–H and O–H groups in total. The van der Waals surface area contributed by atoms with Crippen molar-refractivity contribution in [1.82, 2.24) is 25.1 Å². The van der Waals surface area contributed by atoms with E-state index in [4.69, 9.17) is 4.52 Å². The predicted molar refractivity (Wildman–Crippen MR) is 57.4 cm³/mol.